The first kappa shape index (κ1) is 54.1. The normalized spacial score (nSPS) is 17.0. The van der Waals surface area contributed by atoms with Crippen LogP contribution in [0.2, 0.25) is 0 Å². The Hall–Kier alpha value is -6.28. The number of carbonyl (C=O) groups excluding carboxylic acids is 3. The van der Waals surface area contributed by atoms with Crippen molar-refractivity contribution in [3.05, 3.63) is 154 Å². The molecule has 3 unspecified atom stereocenters. The van der Waals surface area contributed by atoms with Gasteiger partial charge in [0.25, 0.3) is 0 Å². The first-order valence-electron chi connectivity index (χ1n) is 26.1. The van der Waals surface area contributed by atoms with Crippen LogP contribution in [0, 0.1) is 49.4 Å². The second kappa shape index (κ2) is 23.3. The highest BCUT2D eigenvalue weighted by Gasteiger charge is 2.40. The molecule has 0 aromatic heterocycles. The van der Waals surface area contributed by atoms with E-state index >= 15 is 0 Å². The molecule has 2 aliphatic rings. The van der Waals surface area contributed by atoms with Crippen molar-refractivity contribution >= 4 is 57.3 Å². The van der Waals surface area contributed by atoms with Crippen LogP contribution in [-0.4, -0.2) is 39.5 Å². The van der Waals surface area contributed by atoms with E-state index in [1.54, 1.807) is 6.07 Å². The van der Waals surface area contributed by atoms with Gasteiger partial charge in [-0.3, -0.25) is 14.4 Å². The number of Topliss-reactive ketones (excluding diaryl/α,β-unsaturated/α-hetero) is 1. The van der Waals surface area contributed by atoms with E-state index in [-0.39, 0.29) is 45.3 Å². The van der Waals surface area contributed by atoms with Gasteiger partial charge in [0.1, 0.15) is 5.76 Å². The molecule has 376 valence electrons. The SMILES string of the molecule is CCCC(=O)NC1=CC(=[N+](CC(CCC(C)CC(C)(C)C)C(C)CC(C)(C)C)c2ccc(C)cc2)C=CC1=C1C(=O)C(c2ccc(N(c3ccc(C)cc3)c3ccc(C)cc3)cc2NC(=O)CCC)=C1O. The smallest absolute Gasteiger partial charge is 0.224 e. The van der Waals surface area contributed by atoms with Gasteiger partial charge >= 0.3 is 0 Å². The standard InChI is InChI=1S/C63H80N4O4/c1-14-16-56(68)64-54-36-50(66(47-26-19-41(3)20-27-47)40-46(45(7)39-63(11,12)13)25-18-44(6)38-62(8,9)10)32-34-52(54)58-60(70)59(61(58)71)53-35-33-51(37-55(53)65-57(69)17-15-2)67(48-28-21-42(4)22-29-48)49-30-23-43(5)24-31-49/h19-24,26-37,44-46H,14-18,25,38-40H2,1-13H3,(H2,64,65,68,69,70,71)/p+1. The van der Waals surface area contributed by atoms with Crippen molar-refractivity contribution in [3.63, 3.8) is 0 Å². The predicted molar refractivity (Wildman–Crippen MR) is 296 cm³/mol. The number of nitrogens with one attached hydrogen (secondary N) is 2. The van der Waals surface area contributed by atoms with E-state index in [9.17, 15) is 19.5 Å². The maximum atomic E-state index is 14.7. The summed E-state index contributed by atoms with van der Waals surface area (Å²) < 4.78 is 2.37. The number of benzene rings is 4. The number of aliphatic hydroxyl groups is 1. The number of carbonyl (C=O) groups is 3. The molecule has 0 bridgehead atoms. The number of rotatable bonds is 19. The van der Waals surface area contributed by atoms with Gasteiger partial charge in [-0.05, 0) is 124 Å². The van der Waals surface area contributed by atoms with Gasteiger partial charge in [0.05, 0.1) is 22.5 Å². The summed E-state index contributed by atoms with van der Waals surface area (Å²) in [5.74, 6) is 0.479. The van der Waals surface area contributed by atoms with E-state index in [0.29, 0.717) is 66.0 Å². The molecule has 3 atom stereocenters. The molecule has 0 saturated heterocycles. The molecule has 3 N–H and O–H groups in total. The molecule has 0 radical (unpaired) electrons. The third-order valence-electron chi connectivity index (χ3n) is 13.6. The Bertz CT molecular complexity index is 2670. The number of amides is 2. The molecule has 0 spiro atoms. The average Bonchev–Trinajstić information content (AvgIpc) is 3.28. The van der Waals surface area contributed by atoms with Crippen molar-refractivity contribution in [2.45, 2.75) is 141 Å². The lowest BCUT2D eigenvalue weighted by atomic mass is 9.76. The molecule has 0 fully saturated rings. The van der Waals surface area contributed by atoms with E-state index < -0.39 is 0 Å². The quantitative estimate of drug-likeness (QED) is 0.0642. The zero-order valence-corrected chi connectivity index (χ0v) is 45.1. The van der Waals surface area contributed by atoms with Crippen molar-refractivity contribution in [1.82, 2.24) is 5.32 Å². The van der Waals surface area contributed by atoms with Crippen LogP contribution in [0.5, 0.6) is 0 Å². The topological polar surface area (TPSA) is 102 Å². The van der Waals surface area contributed by atoms with Crippen LogP contribution in [0.25, 0.3) is 5.57 Å². The van der Waals surface area contributed by atoms with Gasteiger partial charge in [0.2, 0.25) is 29.0 Å². The number of ketones is 1. The van der Waals surface area contributed by atoms with Crippen LogP contribution in [-0.2, 0) is 14.4 Å². The summed E-state index contributed by atoms with van der Waals surface area (Å²) in [7, 11) is 0. The predicted octanol–water partition coefficient (Wildman–Crippen LogP) is 15.7. The van der Waals surface area contributed by atoms with Crippen LogP contribution in [0.4, 0.5) is 28.4 Å². The average molecular weight is 958 g/mol. The fourth-order valence-corrected chi connectivity index (χ4v) is 10.3. The second-order valence-electron chi connectivity index (χ2n) is 22.9. The van der Waals surface area contributed by atoms with Gasteiger partial charge in [-0.15, -0.1) is 0 Å². The number of anilines is 4. The Morgan fingerprint density at radius 2 is 1.18 bits per heavy atom. The van der Waals surface area contributed by atoms with Gasteiger partial charge in [-0.1, -0.05) is 129 Å². The Labute approximate surface area is 425 Å². The van der Waals surface area contributed by atoms with E-state index in [1.807, 2.05) is 44.2 Å². The molecule has 71 heavy (non-hydrogen) atoms. The van der Waals surface area contributed by atoms with Crippen LogP contribution in [0.15, 0.2) is 132 Å². The van der Waals surface area contributed by atoms with E-state index in [0.717, 1.165) is 65.4 Å². The number of aliphatic hydroxyl groups excluding tert-OH is 1. The Morgan fingerprint density at radius 3 is 1.70 bits per heavy atom. The van der Waals surface area contributed by atoms with Gasteiger partial charge in [-0.25, -0.2) is 0 Å². The molecule has 8 heteroatoms. The summed E-state index contributed by atoms with van der Waals surface area (Å²) in [6, 6.07) is 30.7. The number of nitrogens with zero attached hydrogens (tertiary/aromatic N) is 2. The molecule has 4 aromatic carbocycles. The third-order valence-corrected chi connectivity index (χ3v) is 13.6. The summed E-state index contributed by atoms with van der Waals surface area (Å²) in [6.07, 6.45) is 12.2. The molecule has 0 aliphatic heterocycles. The highest BCUT2D eigenvalue weighted by molar-refractivity contribution is 6.40. The molecule has 4 aromatic rings. The molecule has 6 rings (SSSR count). The zero-order chi connectivity index (χ0) is 51.8. The Balaban J connectivity index is 1.48. The molecule has 2 aliphatic carbocycles. The Kier molecular flexibility index (Phi) is 17.7. The molecule has 0 heterocycles. The zero-order valence-electron chi connectivity index (χ0n) is 45.1. The minimum absolute atomic E-state index is 0.114. The summed E-state index contributed by atoms with van der Waals surface area (Å²) in [4.78, 5) is 43.8. The molecular formula is C63H81N4O4+. The Morgan fingerprint density at radius 1 is 0.662 bits per heavy atom. The minimum Gasteiger partial charge on any atom is -0.506 e. The third kappa shape index (κ3) is 14.2. The molecule has 0 saturated carbocycles. The van der Waals surface area contributed by atoms with Crippen molar-refractivity contribution < 1.29 is 24.1 Å². The first-order valence-corrected chi connectivity index (χ1v) is 26.1. The lowest BCUT2D eigenvalue weighted by Crippen LogP contribution is -2.32. The minimum atomic E-state index is -0.371. The van der Waals surface area contributed by atoms with Crippen LogP contribution >= 0.6 is 0 Å². The van der Waals surface area contributed by atoms with Gasteiger partial charge < -0.3 is 20.6 Å². The van der Waals surface area contributed by atoms with Crippen LogP contribution < -0.4 is 15.5 Å². The summed E-state index contributed by atoms with van der Waals surface area (Å²) in [5.41, 5.74) is 10.4. The summed E-state index contributed by atoms with van der Waals surface area (Å²) >= 11 is 0. The monoisotopic (exact) mass is 958 g/mol. The van der Waals surface area contributed by atoms with Crippen molar-refractivity contribution in [2.75, 3.05) is 16.8 Å². The largest absolute Gasteiger partial charge is 0.506 e. The highest BCUT2D eigenvalue weighted by Crippen LogP contribution is 2.45. The molecule has 2 amide bonds. The lowest BCUT2D eigenvalue weighted by Gasteiger charge is -2.31. The maximum Gasteiger partial charge on any atom is 0.224 e. The summed E-state index contributed by atoms with van der Waals surface area (Å²) in [5, 5.41) is 18.4. The molecule has 8 nitrogen and oxygen atoms in total. The van der Waals surface area contributed by atoms with E-state index in [4.69, 9.17) is 0 Å². The summed E-state index contributed by atoms with van der Waals surface area (Å²) in [6.45, 7) is 29.6. The van der Waals surface area contributed by atoms with Gasteiger partial charge in [0.15, 0.2) is 6.54 Å². The number of hydrogen-bond donors (Lipinski definition) is 3. The van der Waals surface area contributed by atoms with Crippen molar-refractivity contribution in [1.29, 1.82) is 0 Å². The van der Waals surface area contributed by atoms with Crippen LogP contribution in [0.1, 0.15) is 143 Å². The lowest BCUT2D eigenvalue weighted by molar-refractivity contribution is -0.450. The van der Waals surface area contributed by atoms with Crippen molar-refractivity contribution in [2.24, 2.45) is 28.6 Å². The highest BCUT2D eigenvalue weighted by atomic mass is 16.3. The second-order valence-corrected chi connectivity index (χ2v) is 22.9. The van der Waals surface area contributed by atoms with E-state index in [2.05, 4.69) is 169 Å². The van der Waals surface area contributed by atoms with Crippen LogP contribution in [0.3, 0.4) is 0 Å². The number of aryl methyl sites for hydroxylation is 3. The first-order chi connectivity index (χ1) is 33.5. The number of hydrogen-bond acceptors (Lipinski definition) is 5. The fourth-order valence-electron chi connectivity index (χ4n) is 10.3. The van der Waals surface area contributed by atoms with E-state index in [1.165, 1.54) is 12.0 Å². The fraction of sp³-hybridized carbons (Fsp3) is 0.429. The van der Waals surface area contributed by atoms with Gasteiger partial charge in [0, 0.05) is 71.2 Å². The number of allylic oxidation sites excluding steroid dienone is 5. The van der Waals surface area contributed by atoms with Crippen molar-refractivity contribution in [3.8, 4) is 0 Å². The molecular weight excluding hydrogens is 877 g/mol. The van der Waals surface area contributed by atoms with Gasteiger partial charge in [-0.2, -0.15) is 4.58 Å². The maximum absolute atomic E-state index is 14.7.